The summed E-state index contributed by atoms with van der Waals surface area (Å²) in [5.74, 6) is 0. The van der Waals surface area contributed by atoms with Gasteiger partial charge in [0.1, 0.15) is 23.2 Å². The molecular weight excluding hydrogens is 441 g/mol. The van der Waals surface area contributed by atoms with E-state index in [9.17, 15) is 0 Å². The van der Waals surface area contributed by atoms with Gasteiger partial charge in [-0.1, -0.05) is 54.6 Å². The molecule has 0 atom stereocenters. The minimum atomic E-state index is -1.53. The Morgan fingerprint density at radius 3 is 1.04 bits per heavy atom. The summed E-state index contributed by atoms with van der Waals surface area (Å²) in [6.45, 7) is 2.32. The van der Waals surface area contributed by atoms with Crippen LogP contribution in [0.3, 0.4) is 0 Å². The van der Waals surface area contributed by atoms with E-state index < -0.39 is 18.4 Å². The molecule has 0 amide bonds. The molecule has 0 N–H and O–H groups in total. The van der Waals surface area contributed by atoms with Gasteiger partial charge in [-0.3, -0.25) is 0 Å². The van der Waals surface area contributed by atoms with Gasteiger partial charge in [0.15, 0.2) is 0 Å². The molecule has 0 heterocycles. The first-order valence-corrected chi connectivity index (χ1v) is 13.6. The number of hydrogen-bond acceptors (Lipinski definition) is 0. The number of halogens is 3. The van der Waals surface area contributed by atoms with Crippen LogP contribution >= 0.6 is 37.6 Å². The van der Waals surface area contributed by atoms with Crippen molar-refractivity contribution in [3.05, 3.63) is 91.0 Å². The van der Waals surface area contributed by atoms with Gasteiger partial charge in [0.2, 0.25) is 0 Å². The van der Waals surface area contributed by atoms with E-state index in [2.05, 4.69) is 97.9 Å². The topological polar surface area (TPSA) is 0 Å². The van der Waals surface area contributed by atoms with E-state index in [-0.39, 0.29) is 0 Å². The van der Waals surface area contributed by atoms with Crippen LogP contribution in [-0.2, 0) is 11.2 Å². The number of rotatable bonds is 4. The van der Waals surface area contributed by atoms with E-state index in [1.165, 1.54) is 15.9 Å². The summed E-state index contributed by atoms with van der Waals surface area (Å²) in [4.78, 5) is 0. The van der Waals surface area contributed by atoms with E-state index in [1.54, 1.807) is 0 Å². The van der Waals surface area contributed by atoms with Gasteiger partial charge in [0.05, 0.1) is 6.16 Å². The summed E-state index contributed by atoms with van der Waals surface area (Å²) in [6.07, 6.45) is 1.14. The van der Waals surface area contributed by atoms with Crippen LogP contribution in [0.1, 0.15) is 6.92 Å². The molecule has 0 nitrogen and oxygen atoms in total. The summed E-state index contributed by atoms with van der Waals surface area (Å²) >= 11 is -0.896. The molecule has 0 aliphatic rings. The second-order valence-corrected chi connectivity index (χ2v) is 13.7. The molecule has 0 radical (unpaired) electrons. The molecule has 0 spiro atoms. The molecule has 0 saturated carbocycles. The monoisotopic (exact) mass is 459 g/mol. The van der Waals surface area contributed by atoms with Crippen molar-refractivity contribution in [2.75, 3.05) is 6.16 Å². The van der Waals surface area contributed by atoms with Crippen molar-refractivity contribution in [2.24, 2.45) is 0 Å². The zero-order valence-electron chi connectivity index (χ0n) is 13.7. The molecule has 0 fully saturated rings. The summed E-state index contributed by atoms with van der Waals surface area (Å²) < 4.78 is 0. The zero-order chi connectivity index (χ0) is 18.1. The standard InChI is InChI=1S/C20H20P.3ClH.Cu/c1-2-21(18-12-6-3-7-13-18,19-14-8-4-9-15-19)20-16-10-5-11-17-20;;;;/h3-17H,2H2,1H3;3*1H;/q+1;;;;+2/p-3. The van der Waals surface area contributed by atoms with Crippen molar-refractivity contribution in [1.82, 2.24) is 0 Å². The summed E-state index contributed by atoms with van der Waals surface area (Å²) in [6, 6.07) is 33.0. The van der Waals surface area contributed by atoms with Gasteiger partial charge in [-0.15, -0.1) is 0 Å². The van der Waals surface area contributed by atoms with Gasteiger partial charge >= 0.3 is 41.5 Å². The van der Waals surface area contributed by atoms with Crippen molar-refractivity contribution in [1.29, 1.82) is 0 Å². The van der Waals surface area contributed by atoms with Gasteiger partial charge in [-0.2, -0.15) is 0 Å². The molecule has 25 heavy (non-hydrogen) atoms. The third-order valence-corrected chi connectivity index (χ3v) is 8.55. The van der Waals surface area contributed by atoms with Gasteiger partial charge in [0.25, 0.3) is 0 Å². The normalized spacial score (nSPS) is 11.3. The van der Waals surface area contributed by atoms with Crippen LogP contribution in [0, 0.1) is 0 Å². The van der Waals surface area contributed by atoms with E-state index >= 15 is 0 Å². The Bertz CT molecular complexity index is 637. The van der Waals surface area contributed by atoms with Crippen LogP contribution in [0.2, 0.25) is 0 Å². The fourth-order valence-corrected chi connectivity index (χ4v) is 7.08. The second-order valence-electron chi connectivity index (χ2n) is 5.26. The maximum absolute atomic E-state index is 4.83. The van der Waals surface area contributed by atoms with Gasteiger partial charge in [-0.25, -0.2) is 0 Å². The summed E-state index contributed by atoms with van der Waals surface area (Å²) in [5.41, 5.74) is 0. The molecule has 0 aliphatic heterocycles. The average Bonchev–Trinajstić information content (AvgIpc) is 2.65. The Morgan fingerprint density at radius 2 is 0.840 bits per heavy atom. The molecule has 0 aliphatic carbocycles. The number of benzene rings is 3. The maximum atomic E-state index is 4.83. The second kappa shape index (κ2) is 10.6. The molecule has 3 aromatic rings. The van der Waals surface area contributed by atoms with Crippen LogP contribution in [-0.4, -0.2) is 6.16 Å². The Labute approximate surface area is 168 Å². The van der Waals surface area contributed by atoms with Crippen LogP contribution in [0.25, 0.3) is 0 Å². The van der Waals surface area contributed by atoms with Crippen LogP contribution in [0.5, 0.6) is 0 Å². The van der Waals surface area contributed by atoms with Gasteiger partial charge in [-0.05, 0) is 43.3 Å². The third kappa shape index (κ3) is 5.48. The van der Waals surface area contributed by atoms with E-state index in [0.29, 0.717) is 0 Å². The number of hydrogen-bond donors (Lipinski definition) is 0. The van der Waals surface area contributed by atoms with Gasteiger partial charge < -0.3 is 0 Å². The van der Waals surface area contributed by atoms with Crippen molar-refractivity contribution in [2.45, 2.75) is 6.92 Å². The quantitative estimate of drug-likeness (QED) is 0.327. The fraction of sp³-hybridized carbons (Fsp3) is 0.100. The van der Waals surface area contributed by atoms with Crippen molar-refractivity contribution in [3.8, 4) is 0 Å². The average molecular weight is 461 g/mol. The molecule has 3 rings (SSSR count). The van der Waals surface area contributed by atoms with Crippen molar-refractivity contribution >= 4 is 53.5 Å². The molecule has 0 saturated heterocycles. The summed E-state index contributed by atoms with van der Waals surface area (Å²) in [7, 11) is 12.9. The zero-order valence-corrected chi connectivity index (χ0v) is 17.9. The molecular formula is C20H20Cl3CuP. The van der Waals surface area contributed by atoms with Crippen LogP contribution in [0.4, 0.5) is 0 Å². The predicted octanol–water partition coefficient (Wildman–Crippen LogP) is 6.07. The van der Waals surface area contributed by atoms with Crippen LogP contribution in [0.15, 0.2) is 91.0 Å². The molecule has 0 unspecified atom stereocenters. The van der Waals surface area contributed by atoms with Crippen molar-refractivity contribution in [3.63, 3.8) is 0 Å². The Morgan fingerprint density at radius 1 is 0.600 bits per heavy atom. The first-order valence-electron chi connectivity index (χ1n) is 7.77. The van der Waals surface area contributed by atoms with E-state index in [1.807, 2.05) is 0 Å². The van der Waals surface area contributed by atoms with Crippen molar-refractivity contribution < 1.29 is 11.2 Å². The fourth-order valence-electron chi connectivity index (χ4n) is 3.04. The first-order chi connectivity index (χ1) is 12.1. The van der Waals surface area contributed by atoms with E-state index in [4.69, 9.17) is 30.3 Å². The van der Waals surface area contributed by atoms with Crippen LogP contribution < -0.4 is 15.9 Å². The SMILES string of the molecule is CC[P+](c1ccccc1)(c1ccccc1)c1ccccc1.[Cl][Cu-]([Cl])[Cl]. The first kappa shape index (κ1) is 20.8. The molecule has 0 bridgehead atoms. The Kier molecular flexibility index (Phi) is 8.80. The summed E-state index contributed by atoms with van der Waals surface area (Å²) in [5, 5.41) is 4.39. The molecule has 3 aromatic carbocycles. The predicted molar refractivity (Wildman–Crippen MR) is 113 cm³/mol. The van der Waals surface area contributed by atoms with E-state index in [0.717, 1.165) is 6.16 Å². The Hall–Kier alpha value is -0.521. The minimum absolute atomic E-state index is 0.896. The molecule has 137 valence electrons. The van der Waals surface area contributed by atoms with Gasteiger partial charge in [0, 0.05) is 0 Å². The Balaban J connectivity index is 0.000000511. The molecule has 5 heteroatoms. The molecule has 0 aromatic heterocycles. The third-order valence-electron chi connectivity index (χ3n) is 4.07.